The van der Waals surface area contributed by atoms with Gasteiger partial charge in [-0.3, -0.25) is 14.5 Å². The smallest absolute Gasteiger partial charge is 0.285 e. The molecular formula is C24H22ClFN6O2S. The number of pyridine rings is 1. The molecular weight excluding hydrogens is 491 g/mol. The van der Waals surface area contributed by atoms with Gasteiger partial charge in [-0.05, 0) is 49.2 Å². The molecule has 1 aliphatic heterocycles. The van der Waals surface area contributed by atoms with E-state index in [0.717, 1.165) is 39.9 Å². The lowest BCUT2D eigenvalue weighted by Crippen LogP contribution is -2.41. The standard InChI is InChI=1S/C24H22ClFN6O2S/c1-12-17(10-28-31(12)3)18-11-32(13(2)21-16(18)7-15(34-4)8-19(21)25)24(33)23-30-29-22(35-23)20-6-5-14(26)9-27-20/h5-10,13,18H,11H2,1-4H3/t13-,18-/m0/s1. The van der Waals surface area contributed by atoms with Crippen LogP contribution in [-0.4, -0.2) is 49.4 Å². The second kappa shape index (κ2) is 9.01. The molecule has 0 spiro atoms. The minimum absolute atomic E-state index is 0.155. The lowest BCUT2D eigenvalue weighted by molar-refractivity contribution is 0.0663. The highest BCUT2D eigenvalue weighted by molar-refractivity contribution is 7.16. The Morgan fingerprint density at radius 1 is 1.23 bits per heavy atom. The Morgan fingerprint density at radius 2 is 2.03 bits per heavy atom. The Hall–Kier alpha value is -3.37. The average molecular weight is 513 g/mol. The SMILES string of the molecule is COc1cc(Cl)c2c(c1)[C@@H](c1cnn(C)c1C)CN(C(=O)c1nnc(-c3ccc(F)cn3)s1)[C@H]2C. The monoisotopic (exact) mass is 512 g/mol. The number of aryl methyl sites for hydroxylation is 1. The molecule has 5 rings (SSSR count). The van der Waals surface area contributed by atoms with Crippen LogP contribution >= 0.6 is 22.9 Å². The molecule has 0 N–H and O–H groups in total. The third-order valence-electron chi connectivity index (χ3n) is 6.47. The molecule has 1 aromatic carbocycles. The number of methoxy groups -OCH3 is 1. The minimum Gasteiger partial charge on any atom is -0.497 e. The van der Waals surface area contributed by atoms with E-state index in [4.69, 9.17) is 16.3 Å². The topological polar surface area (TPSA) is 86.0 Å². The molecule has 0 saturated carbocycles. The fraction of sp³-hybridized carbons (Fsp3) is 0.292. The lowest BCUT2D eigenvalue weighted by Gasteiger charge is -2.40. The predicted molar refractivity (Wildman–Crippen MR) is 130 cm³/mol. The van der Waals surface area contributed by atoms with Crippen molar-refractivity contribution in [3.05, 3.63) is 74.9 Å². The molecule has 0 fully saturated rings. The quantitative estimate of drug-likeness (QED) is 0.391. The van der Waals surface area contributed by atoms with E-state index in [0.29, 0.717) is 28.0 Å². The van der Waals surface area contributed by atoms with Crippen LogP contribution in [0.2, 0.25) is 5.02 Å². The van der Waals surface area contributed by atoms with Crippen LogP contribution in [0.15, 0.2) is 36.7 Å². The van der Waals surface area contributed by atoms with Gasteiger partial charge in [-0.2, -0.15) is 5.10 Å². The van der Waals surface area contributed by atoms with E-state index in [1.54, 1.807) is 18.1 Å². The number of hydrogen-bond acceptors (Lipinski definition) is 7. The number of nitrogens with zero attached hydrogens (tertiary/aromatic N) is 6. The van der Waals surface area contributed by atoms with Crippen molar-refractivity contribution in [2.75, 3.05) is 13.7 Å². The lowest BCUT2D eigenvalue weighted by atomic mass is 9.81. The molecule has 11 heteroatoms. The Morgan fingerprint density at radius 3 is 2.69 bits per heavy atom. The van der Waals surface area contributed by atoms with Crippen molar-refractivity contribution in [1.29, 1.82) is 0 Å². The van der Waals surface area contributed by atoms with Crippen LogP contribution in [0.1, 0.15) is 51.1 Å². The van der Waals surface area contributed by atoms with Gasteiger partial charge in [0.05, 0.1) is 25.5 Å². The maximum absolute atomic E-state index is 13.7. The van der Waals surface area contributed by atoms with Crippen LogP contribution in [0.3, 0.4) is 0 Å². The molecule has 4 aromatic rings. The normalized spacial score (nSPS) is 17.4. The van der Waals surface area contributed by atoms with Crippen LogP contribution in [0.4, 0.5) is 4.39 Å². The van der Waals surface area contributed by atoms with Gasteiger partial charge in [0.15, 0.2) is 5.01 Å². The van der Waals surface area contributed by atoms with Crippen molar-refractivity contribution in [3.8, 4) is 16.5 Å². The van der Waals surface area contributed by atoms with Crippen LogP contribution < -0.4 is 4.74 Å². The van der Waals surface area contributed by atoms with Crippen molar-refractivity contribution < 1.29 is 13.9 Å². The Bertz CT molecular complexity index is 1420. The fourth-order valence-electron chi connectivity index (χ4n) is 4.49. The summed E-state index contributed by atoms with van der Waals surface area (Å²) in [6, 6.07) is 6.26. The number of ether oxygens (including phenoxy) is 1. The Kier molecular flexibility index (Phi) is 6.02. The van der Waals surface area contributed by atoms with Crippen LogP contribution in [-0.2, 0) is 7.05 Å². The molecule has 2 atom stereocenters. The zero-order valence-electron chi connectivity index (χ0n) is 19.5. The number of aromatic nitrogens is 5. The third-order valence-corrected chi connectivity index (χ3v) is 7.72. The molecule has 180 valence electrons. The molecule has 3 aromatic heterocycles. The first-order valence-electron chi connectivity index (χ1n) is 10.9. The molecule has 0 unspecified atom stereocenters. The maximum Gasteiger partial charge on any atom is 0.285 e. The van der Waals surface area contributed by atoms with E-state index < -0.39 is 5.82 Å². The van der Waals surface area contributed by atoms with Gasteiger partial charge in [-0.1, -0.05) is 22.9 Å². The van der Waals surface area contributed by atoms with E-state index in [1.807, 2.05) is 37.8 Å². The van der Waals surface area contributed by atoms with Gasteiger partial charge in [0.2, 0.25) is 5.01 Å². The molecule has 1 aliphatic rings. The molecule has 4 heterocycles. The van der Waals surface area contributed by atoms with Crippen LogP contribution in [0.5, 0.6) is 5.75 Å². The highest BCUT2D eigenvalue weighted by Gasteiger charge is 2.38. The molecule has 0 bridgehead atoms. The third kappa shape index (κ3) is 4.06. The highest BCUT2D eigenvalue weighted by atomic mass is 35.5. The predicted octanol–water partition coefficient (Wildman–Crippen LogP) is 4.79. The number of carbonyl (C=O) groups is 1. The first-order chi connectivity index (χ1) is 16.8. The molecule has 0 saturated heterocycles. The van der Waals surface area contributed by atoms with Crippen molar-refractivity contribution >= 4 is 28.8 Å². The average Bonchev–Trinajstić information content (AvgIpc) is 3.46. The summed E-state index contributed by atoms with van der Waals surface area (Å²) in [4.78, 5) is 19.5. The number of benzene rings is 1. The van der Waals surface area contributed by atoms with Gasteiger partial charge in [-0.25, -0.2) is 4.39 Å². The highest BCUT2D eigenvalue weighted by Crippen LogP contribution is 2.45. The summed E-state index contributed by atoms with van der Waals surface area (Å²) in [6.07, 6.45) is 2.94. The minimum atomic E-state index is -0.444. The Balaban J connectivity index is 1.56. The van der Waals surface area contributed by atoms with Crippen molar-refractivity contribution in [1.82, 2.24) is 29.9 Å². The van der Waals surface area contributed by atoms with E-state index in [-0.39, 0.29) is 22.9 Å². The van der Waals surface area contributed by atoms with Crippen molar-refractivity contribution in [3.63, 3.8) is 0 Å². The first kappa shape index (κ1) is 23.4. The summed E-state index contributed by atoms with van der Waals surface area (Å²) < 4.78 is 20.5. The Labute approximate surface area is 210 Å². The summed E-state index contributed by atoms with van der Waals surface area (Å²) in [5, 5.41) is 13.9. The first-order valence-corrected chi connectivity index (χ1v) is 12.1. The molecule has 8 nitrogen and oxygen atoms in total. The van der Waals surface area contributed by atoms with Gasteiger partial charge in [-0.15, -0.1) is 10.2 Å². The number of halogens is 2. The molecule has 1 amide bonds. The summed E-state index contributed by atoms with van der Waals surface area (Å²) in [5.74, 6) is -0.196. The number of rotatable bonds is 4. The van der Waals surface area contributed by atoms with Gasteiger partial charge >= 0.3 is 0 Å². The summed E-state index contributed by atoms with van der Waals surface area (Å²) >= 11 is 7.85. The number of fused-ring (bicyclic) bond motifs is 1. The summed E-state index contributed by atoms with van der Waals surface area (Å²) in [7, 11) is 3.49. The van der Waals surface area contributed by atoms with Crippen molar-refractivity contribution in [2.45, 2.75) is 25.8 Å². The number of carbonyl (C=O) groups excluding carboxylic acids is 1. The largest absolute Gasteiger partial charge is 0.497 e. The molecule has 0 aliphatic carbocycles. The summed E-state index contributed by atoms with van der Waals surface area (Å²) in [6.45, 7) is 4.36. The summed E-state index contributed by atoms with van der Waals surface area (Å²) in [5.41, 5.74) is 4.35. The van der Waals surface area contributed by atoms with E-state index in [9.17, 15) is 9.18 Å². The van der Waals surface area contributed by atoms with Crippen LogP contribution in [0.25, 0.3) is 10.7 Å². The van der Waals surface area contributed by atoms with E-state index >= 15 is 0 Å². The molecule has 0 radical (unpaired) electrons. The van der Waals surface area contributed by atoms with Gasteiger partial charge < -0.3 is 9.64 Å². The second-order valence-corrected chi connectivity index (χ2v) is 9.77. The van der Waals surface area contributed by atoms with Gasteiger partial charge in [0.25, 0.3) is 5.91 Å². The maximum atomic E-state index is 13.7. The fourth-order valence-corrected chi connectivity index (χ4v) is 5.64. The van der Waals surface area contributed by atoms with Crippen molar-refractivity contribution in [2.24, 2.45) is 7.05 Å². The van der Waals surface area contributed by atoms with Crippen LogP contribution in [0, 0.1) is 12.7 Å². The number of hydrogen-bond donors (Lipinski definition) is 0. The van der Waals surface area contributed by atoms with E-state index in [1.165, 1.54) is 12.1 Å². The zero-order chi connectivity index (χ0) is 24.9. The zero-order valence-corrected chi connectivity index (χ0v) is 21.1. The second-order valence-electron chi connectivity index (χ2n) is 8.38. The van der Waals surface area contributed by atoms with Gasteiger partial charge in [0, 0.05) is 35.8 Å². The molecule has 35 heavy (non-hydrogen) atoms. The van der Waals surface area contributed by atoms with Gasteiger partial charge in [0.1, 0.15) is 17.3 Å². The van der Waals surface area contributed by atoms with E-state index in [2.05, 4.69) is 20.3 Å². The number of amides is 1.